The van der Waals surface area contributed by atoms with E-state index in [0.29, 0.717) is 17.3 Å². The van der Waals surface area contributed by atoms with E-state index in [1.54, 1.807) is 31.4 Å². The minimum absolute atomic E-state index is 0.0827. The van der Waals surface area contributed by atoms with Gasteiger partial charge in [-0.05, 0) is 36.3 Å². The molecular weight excluding hydrogens is 348 g/mol. The number of nitrogens with zero attached hydrogens (tertiary/aromatic N) is 2. The van der Waals surface area contributed by atoms with Gasteiger partial charge in [-0.1, -0.05) is 0 Å². The van der Waals surface area contributed by atoms with Crippen LogP contribution in [0.4, 0.5) is 5.82 Å². The molecule has 0 atom stereocenters. The van der Waals surface area contributed by atoms with Crippen LogP contribution in [0, 0.1) is 6.92 Å². The standard InChI is InChI=1S/C19H22N4O4/c1-12-8-17(22-21-12)20-18(24)5-7-23-6-4-13-9-15(26-2)16(27-3)10-14(13)11-19(23)25/h4,6,8-10H,5,7,11H2,1-3H3,(H2,20,21,22,24). The number of aryl methyl sites for hydroxylation is 1. The first-order chi connectivity index (χ1) is 13.0. The van der Waals surface area contributed by atoms with E-state index in [4.69, 9.17) is 9.47 Å². The van der Waals surface area contributed by atoms with E-state index in [9.17, 15) is 9.59 Å². The summed E-state index contributed by atoms with van der Waals surface area (Å²) in [5.41, 5.74) is 2.60. The molecule has 0 spiro atoms. The highest BCUT2D eigenvalue weighted by atomic mass is 16.5. The van der Waals surface area contributed by atoms with Crippen molar-refractivity contribution >= 4 is 23.7 Å². The monoisotopic (exact) mass is 370 g/mol. The van der Waals surface area contributed by atoms with E-state index in [-0.39, 0.29) is 31.2 Å². The largest absolute Gasteiger partial charge is 0.493 e. The van der Waals surface area contributed by atoms with Crippen molar-refractivity contribution in [3.05, 3.63) is 41.2 Å². The zero-order valence-electron chi connectivity index (χ0n) is 15.5. The van der Waals surface area contributed by atoms with Crippen LogP contribution in [0.25, 0.3) is 6.08 Å². The summed E-state index contributed by atoms with van der Waals surface area (Å²) in [5.74, 6) is 1.38. The highest BCUT2D eigenvalue weighted by Crippen LogP contribution is 2.32. The van der Waals surface area contributed by atoms with Crippen LogP contribution in [0.5, 0.6) is 11.5 Å². The van der Waals surface area contributed by atoms with Crippen molar-refractivity contribution in [2.75, 3.05) is 26.1 Å². The molecular formula is C19H22N4O4. The van der Waals surface area contributed by atoms with Crippen LogP contribution in [0.2, 0.25) is 0 Å². The van der Waals surface area contributed by atoms with Gasteiger partial charge in [0.2, 0.25) is 11.8 Å². The van der Waals surface area contributed by atoms with E-state index < -0.39 is 0 Å². The number of benzene rings is 1. The molecule has 2 heterocycles. The van der Waals surface area contributed by atoms with Gasteiger partial charge in [0.05, 0.1) is 20.6 Å². The molecule has 1 aromatic heterocycles. The Kier molecular flexibility index (Phi) is 5.44. The molecule has 8 heteroatoms. The van der Waals surface area contributed by atoms with E-state index >= 15 is 0 Å². The lowest BCUT2D eigenvalue weighted by molar-refractivity contribution is -0.128. The maximum Gasteiger partial charge on any atom is 0.230 e. The number of H-pyrrole nitrogens is 1. The molecule has 8 nitrogen and oxygen atoms in total. The molecule has 0 aliphatic carbocycles. The van der Waals surface area contributed by atoms with Gasteiger partial charge in [0, 0.05) is 30.9 Å². The minimum atomic E-state index is -0.201. The zero-order chi connectivity index (χ0) is 19.4. The van der Waals surface area contributed by atoms with E-state index in [1.807, 2.05) is 25.1 Å². The van der Waals surface area contributed by atoms with Crippen LogP contribution >= 0.6 is 0 Å². The van der Waals surface area contributed by atoms with E-state index in [1.165, 1.54) is 0 Å². The van der Waals surface area contributed by atoms with Crippen molar-refractivity contribution in [2.45, 2.75) is 19.8 Å². The number of nitrogens with one attached hydrogen (secondary N) is 2. The molecule has 2 N–H and O–H groups in total. The second-order valence-corrected chi connectivity index (χ2v) is 6.22. The van der Waals surface area contributed by atoms with E-state index in [2.05, 4.69) is 15.5 Å². The first kappa shape index (κ1) is 18.5. The van der Waals surface area contributed by atoms with Crippen molar-refractivity contribution < 1.29 is 19.1 Å². The van der Waals surface area contributed by atoms with Gasteiger partial charge in [-0.3, -0.25) is 14.7 Å². The van der Waals surface area contributed by atoms with Gasteiger partial charge in [-0.2, -0.15) is 5.10 Å². The summed E-state index contributed by atoms with van der Waals surface area (Å²) >= 11 is 0. The first-order valence-electron chi connectivity index (χ1n) is 8.54. The van der Waals surface area contributed by atoms with Crippen LogP contribution in [0.1, 0.15) is 23.2 Å². The Balaban J connectivity index is 1.66. The van der Waals surface area contributed by atoms with Gasteiger partial charge in [-0.25, -0.2) is 0 Å². The maximum absolute atomic E-state index is 12.6. The van der Waals surface area contributed by atoms with E-state index in [0.717, 1.165) is 16.8 Å². The molecule has 2 amide bonds. The lowest BCUT2D eigenvalue weighted by Crippen LogP contribution is -2.30. The summed E-state index contributed by atoms with van der Waals surface area (Å²) in [4.78, 5) is 26.2. The smallest absolute Gasteiger partial charge is 0.230 e. The number of carbonyl (C=O) groups excluding carboxylic acids is 2. The van der Waals surface area contributed by atoms with Crippen molar-refractivity contribution in [3.63, 3.8) is 0 Å². The molecule has 1 aliphatic heterocycles. The van der Waals surface area contributed by atoms with Gasteiger partial charge >= 0.3 is 0 Å². The van der Waals surface area contributed by atoms with Crippen molar-refractivity contribution in [1.82, 2.24) is 15.1 Å². The third-order valence-corrected chi connectivity index (χ3v) is 4.29. The fourth-order valence-electron chi connectivity index (χ4n) is 2.87. The minimum Gasteiger partial charge on any atom is -0.493 e. The van der Waals surface area contributed by atoms with Gasteiger partial charge < -0.3 is 19.7 Å². The lowest BCUT2D eigenvalue weighted by atomic mass is 10.0. The number of anilines is 1. The third kappa shape index (κ3) is 4.28. The number of fused-ring (bicyclic) bond motifs is 1. The molecule has 1 aromatic carbocycles. The molecule has 0 bridgehead atoms. The molecule has 1 aliphatic rings. The first-order valence-corrected chi connectivity index (χ1v) is 8.54. The number of hydrogen-bond acceptors (Lipinski definition) is 5. The average Bonchev–Trinajstić information content (AvgIpc) is 2.98. The summed E-state index contributed by atoms with van der Waals surface area (Å²) in [6.45, 7) is 2.14. The molecule has 0 saturated carbocycles. The molecule has 0 unspecified atom stereocenters. The average molecular weight is 370 g/mol. The second-order valence-electron chi connectivity index (χ2n) is 6.22. The predicted octanol–water partition coefficient (Wildman–Crippen LogP) is 2.12. The topological polar surface area (TPSA) is 96.5 Å². The number of rotatable bonds is 6. The Bertz CT molecular complexity index is 888. The van der Waals surface area contributed by atoms with Crippen LogP contribution in [0.15, 0.2) is 24.4 Å². The number of carbonyl (C=O) groups is 2. The number of aromatic nitrogens is 2. The predicted molar refractivity (Wildman–Crippen MR) is 101 cm³/mol. The lowest BCUT2D eigenvalue weighted by Gasteiger charge is -2.16. The number of amides is 2. The quantitative estimate of drug-likeness (QED) is 0.812. The fraction of sp³-hybridized carbons (Fsp3) is 0.316. The molecule has 0 radical (unpaired) electrons. The fourth-order valence-corrected chi connectivity index (χ4v) is 2.87. The zero-order valence-corrected chi connectivity index (χ0v) is 15.5. The summed E-state index contributed by atoms with van der Waals surface area (Å²) in [5, 5.41) is 9.43. The van der Waals surface area contributed by atoms with Gasteiger partial charge in [0.25, 0.3) is 0 Å². The van der Waals surface area contributed by atoms with Crippen LogP contribution < -0.4 is 14.8 Å². The van der Waals surface area contributed by atoms with Gasteiger partial charge in [0.1, 0.15) is 0 Å². The van der Waals surface area contributed by atoms with Crippen molar-refractivity contribution in [3.8, 4) is 11.5 Å². The SMILES string of the molecule is COc1cc2c(cc1OC)CC(=O)N(CCC(=O)Nc1cc(C)[nH]n1)C=C2. The Morgan fingerprint density at radius 1 is 1.26 bits per heavy atom. The summed E-state index contributed by atoms with van der Waals surface area (Å²) < 4.78 is 10.6. The Morgan fingerprint density at radius 3 is 2.67 bits per heavy atom. The molecule has 0 saturated heterocycles. The maximum atomic E-state index is 12.6. The Morgan fingerprint density at radius 2 is 2.00 bits per heavy atom. The highest BCUT2D eigenvalue weighted by Gasteiger charge is 2.20. The Labute approximate surface area is 157 Å². The van der Waals surface area contributed by atoms with Crippen molar-refractivity contribution in [1.29, 1.82) is 0 Å². The Hall–Kier alpha value is -3.29. The molecule has 3 rings (SSSR count). The van der Waals surface area contributed by atoms with Gasteiger partial charge in [-0.15, -0.1) is 0 Å². The highest BCUT2D eigenvalue weighted by molar-refractivity contribution is 5.90. The summed E-state index contributed by atoms with van der Waals surface area (Å²) in [7, 11) is 3.13. The third-order valence-electron chi connectivity index (χ3n) is 4.29. The number of ether oxygens (including phenoxy) is 2. The van der Waals surface area contributed by atoms with Crippen molar-refractivity contribution in [2.24, 2.45) is 0 Å². The molecule has 142 valence electrons. The molecule has 2 aromatic rings. The number of methoxy groups -OCH3 is 2. The van der Waals surface area contributed by atoms with Crippen LogP contribution in [-0.4, -0.2) is 47.7 Å². The molecule has 27 heavy (non-hydrogen) atoms. The normalized spacial score (nSPS) is 13.1. The summed E-state index contributed by atoms with van der Waals surface area (Å²) in [6, 6.07) is 5.40. The number of aromatic amines is 1. The molecule has 0 fully saturated rings. The van der Waals surface area contributed by atoms with Gasteiger partial charge in [0.15, 0.2) is 17.3 Å². The van der Waals surface area contributed by atoms with Crippen LogP contribution in [-0.2, 0) is 16.0 Å². The second kappa shape index (κ2) is 7.94. The summed E-state index contributed by atoms with van der Waals surface area (Å²) in [6.07, 6.45) is 3.94. The number of hydrogen-bond donors (Lipinski definition) is 2. The van der Waals surface area contributed by atoms with Crippen LogP contribution in [0.3, 0.4) is 0 Å².